The van der Waals surface area contributed by atoms with Crippen LogP contribution in [0.25, 0.3) is 0 Å². The molecule has 0 atom stereocenters. The van der Waals surface area contributed by atoms with Crippen LogP contribution in [0.3, 0.4) is 0 Å². The van der Waals surface area contributed by atoms with Crippen molar-refractivity contribution in [1.29, 1.82) is 0 Å². The summed E-state index contributed by atoms with van der Waals surface area (Å²) in [5.74, 6) is -0.438. The van der Waals surface area contributed by atoms with E-state index in [1.165, 1.54) is 6.08 Å². The maximum absolute atomic E-state index is 10.1. The molecule has 0 unspecified atom stereocenters. The average molecular weight is 143 g/mol. The first kappa shape index (κ1) is 9.17. The standard InChI is InChI=1S/C7H13NO2/c1-6(2)10-5-3-4-7(8)9/h3-4,6H,5H2,1-2H3,(H2,8,9). The summed E-state index contributed by atoms with van der Waals surface area (Å²) in [6, 6.07) is 0. The van der Waals surface area contributed by atoms with Crippen LogP contribution in [0.5, 0.6) is 0 Å². The number of nitrogens with two attached hydrogens (primary N) is 1. The molecule has 3 nitrogen and oxygen atoms in total. The van der Waals surface area contributed by atoms with E-state index in [0.717, 1.165) is 0 Å². The minimum Gasteiger partial charge on any atom is -0.375 e. The molecule has 10 heavy (non-hydrogen) atoms. The van der Waals surface area contributed by atoms with Crippen LogP contribution < -0.4 is 5.73 Å². The Morgan fingerprint density at radius 3 is 2.70 bits per heavy atom. The van der Waals surface area contributed by atoms with Crippen molar-refractivity contribution >= 4 is 5.91 Å². The van der Waals surface area contributed by atoms with E-state index in [9.17, 15) is 4.79 Å². The van der Waals surface area contributed by atoms with E-state index in [4.69, 9.17) is 10.5 Å². The predicted octanol–water partition coefficient (Wildman–Crippen LogP) is 0.453. The highest BCUT2D eigenvalue weighted by Crippen LogP contribution is 1.86. The molecule has 58 valence electrons. The van der Waals surface area contributed by atoms with Gasteiger partial charge >= 0.3 is 0 Å². The first-order chi connectivity index (χ1) is 4.63. The Morgan fingerprint density at radius 1 is 1.70 bits per heavy atom. The highest BCUT2D eigenvalue weighted by atomic mass is 16.5. The lowest BCUT2D eigenvalue weighted by molar-refractivity contribution is -0.113. The number of amides is 1. The summed E-state index contributed by atoms with van der Waals surface area (Å²) in [4.78, 5) is 10.1. The molecule has 0 aromatic rings. The fourth-order valence-electron chi connectivity index (χ4n) is 0.412. The molecular formula is C7H13NO2. The summed E-state index contributed by atoms with van der Waals surface area (Å²) in [6.45, 7) is 4.30. The van der Waals surface area contributed by atoms with E-state index in [0.29, 0.717) is 6.61 Å². The molecule has 0 aliphatic heterocycles. The fourth-order valence-corrected chi connectivity index (χ4v) is 0.412. The Balaban J connectivity index is 3.27. The van der Waals surface area contributed by atoms with Gasteiger partial charge in [0.05, 0.1) is 12.7 Å². The summed E-state index contributed by atoms with van der Waals surface area (Å²) in [5.41, 5.74) is 4.83. The number of carbonyl (C=O) groups is 1. The molecule has 0 aliphatic rings. The normalized spacial score (nSPS) is 11.1. The summed E-state index contributed by atoms with van der Waals surface area (Å²) < 4.78 is 5.10. The maximum Gasteiger partial charge on any atom is 0.241 e. The molecule has 0 saturated carbocycles. The zero-order valence-corrected chi connectivity index (χ0v) is 6.33. The molecule has 2 N–H and O–H groups in total. The summed E-state index contributed by atoms with van der Waals surface area (Å²) >= 11 is 0. The van der Waals surface area contributed by atoms with E-state index in [-0.39, 0.29) is 6.10 Å². The van der Waals surface area contributed by atoms with E-state index in [2.05, 4.69) is 0 Å². The second-order valence-electron chi connectivity index (χ2n) is 2.19. The Kier molecular flexibility index (Phi) is 4.58. The Hall–Kier alpha value is -0.830. The smallest absolute Gasteiger partial charge is 0.241 e. The van der Waals surface area contributed by atoms with Gasteiger partial charge in [-0.2, -0.15) is 0 Å². The van der Waals surface area contributed by atoms with Crippen molar-refractivity contribution in [2.75, 3.05) is 6.61 Å². The molecule has 0 rings (SSSR count). The molecule has 0 heterocycles. The van der Waals surface area contributed by atoms with Gasteiger partial charge in [0.25, 0.3) is 0 Å². The number of hydrogen-bond acceptors (Lipinski definition) is 2. The molecule has 1 amide bonds. The molecule has 0 bridgehead atoms. The average Bonchev–Trinajstić information content (AvgIpc) is 1.79. The lowest BCUT2D eigenvalue weighted by atomic mass is 10.4. The Bertz CT molecular complexity index is 130. The van der Waals surface area contributed by atoms with E-state index in [1.807, 2.05) is 13.8 Å². The summed E-state index contributed by atoms with van der Waals surface area (Å²) in [7, 11) is 0. The molecule has 3 heteroatoms. The third-order valence-corrected chi connectivity index (χ3v) is 0.808. The molecule has 0 fully saturated rings. The van der Waals surface area contributed by atoms with Gasteiger partial charge in [-0.25, -0.2) is 0 Å². The monoisotopic (exact) mass is 143 g/mol. The van der Waals surface area contributed by atoms with E-state index >= 15 is 0 Å². The van der Waals surface area contributed by atoms with Crippen molar-refractivity contribution in [2.24, 2.45) is 5.73 Å². The molecule has 0 aromatic heterocycles. The molecule has 0 spiro atoms. The van der Waals surface area contributed by atoms with Crippen LogP contribution in [0.4, 0.5) is 0 Å². The van der Waals surface area contributed by atoms with Gasteiger partial charge in [-0.1, -0.05) is 6.08 Å². The van der Waals surface area contributed by atoms with E-state index < -0.39 is 5.91 Å². The minimum atomic E-state index is -0.438. The number of hydrogen-bond donors (Lipinski definition) is 1. The zero-order valence-electron chi connectivity index (χ0n) is 6.33. The molecule has 0 aromatic carbocycles. The van der Waals surface area contributed by atoms with Crippen LogP contribution in [0, 0.1) is 0 Å². The van der Waals surface area contributed by atoms with Crippen LogP contribution in [0.15, 0.2) is 12.2 Å². The highest BCUT2D eigenvalue weighted by molar-refractivity contribution is 5.85. The third kappa shape index (κ3) is 7.17. The van der Waals surface area contributed by atoms with Crippen LogP contribution in [-0.4, -0.2) is 18.6 Å². The molecular weight excluding hydrogens is 130 g/mol. The van der Waals surface area contributed by atoms with Crippen molar-refractivity contribution in [2.45, 2.75) is 20.0 Å². The zero-order chi connectivity index (χ0) is 7.98. The maximum atomic E-state index is 10.1. The molecule has 0 aliphatic carbocycles. The first-order valence-electron chi connectivity index (χ1n) is 3.20. The quantitative estimate of drug-likeness (QED) is 0.581. The SMILES string of the molecule is CC(C)OCC=CC(N)=O. The Morgan fingerprint density at radius 2 is 2.30 bits per heavy atom. The van der Waals surface area contributed by atoms with Gasteiger partial charge in [0, 0.05) is 6.08 Å². The van der Waals surface area contributed by atoms with Gasteiger partial charge < -0.3 is 10.5 Å². The highest BCUT2D eigenvalue weighted by Gasteiger charge is 1.88. The number of primary amides is 1. The van der Waals surface area contributed by atoms with Crippen molar-refractivity contribution in [1.82, 2.24) is 0 Å². The lowest BCUT2D eigenvalue weighted by Crippen LogP contribution is -2.07. The van der Waals surface area contributed by atoms with Crippen molar-refractivity contribution in [3.63, 3.8) is 0 Å². The van der Waals surface area contributed by atoms with Crippen molar-refractivity contribution < 1.29 is 9.53 Å². The van der Waals surface area contributed by atoms with Crippen molar-refractivity contribution in [3.05, 3.63) is 12.2 Å². The van der Waals surface area contributed by atoms with Crippen LogP contribution in [0.2, 0.25) is 0 Å². The van der Waals surface area contributed by atoms with Crippen LogP contribution in [0.1, 0.15) is 13.8 Å². The van der Waals surface area contributed by atoms with Gasteiger partial charge in [-0.05, 0) is 13.8 Å². The second kappa shape index (κ2) is 4.99. The van der Waals surface area contributed by atoms with E-state index in [1.54, 1.807) is 6.08 Å². The summed E-state index contributed by atoms with van der Waals surface area (Å²) in [6.07, 6.45) is 3.09. The summed E-state index contributed by atoms with van der Waals surface area (Å²) in [5, 5.41) is 0. The topological polar surface area (TPSA) is 52.3 Å². The second-order valence-corrected chi connectivity index (χ2v) is 2.19. The number of carbonyl (C=O) groups excluding carboxylic acids is 1. The van der Waals surface area contributed by atoms with Gasteiger partial charge in [0.15, 0.2) is 0 Å². The van der Waals surface area contributed by atoms with Crippen LogP contribution in [-0.2, 0) is 9.53 Å². The Labute approximate surface area is 60.9 Å². The number of ether oxygens (including phenoxy) is 1. The van der Waals surface area contributed by atoms with Gasteiger partial charge in [0.1, 0.15) is 0 Å². The largest absolute Gasteiger partial charge is 0.375 e. The lowest BCUT2D eigenvalue weighted by Gasteiger charge is -2.01. The third-order valence-electron chi connectivity index (χ3n) is 0.808. The fraction of sp³-hybridized carbons (Fsp3) is 0.571. The van der Waals surface area contributed by atoms with Crippen molar-refractivity contribution in [3.8, 4) is 0 Å². The minimum absolute atomic E-state index is 0.192. The first-order valence-corrected chi connectivity index (χ1v) is 3.20. The van der Waals surface area contributed by atoms with Crippen LogP contribution >= 0.6 is 0 Å². The molecule has 0 saturated heterocycles. The predicted molar refractivity (Wildman–Crippen MR) is 39.4 cm³/mol. The van der Waals surface area contributed by atoms with Gasteiger partial charge in [-0.3, -0.25) is 4.79 Å². The molecule has 0 radical (unpaired) electrons. The van der Waals surface area contributed by atoms with Gasteiger partial charge in [-0.15, -0.1) is 0 Å². The number of rotatable bonds is 4. The van der Waals surface area contributed by atoms with Gasteiger partial charge in [0.2, 0.25) is 5.91 Å².